The van der Waals surface area contributed by atoms with Crippen LogP contribution in [0.5, 0.6) is 5.75 Å². The third-order valence-corrected chi connectivity index (χ3v) is 4.16. The van der Waals surface area contributed by atoms with E-state index < -0.39 is 0 Å². The van der Waals surface area contributed by atoms with Crippen molar-refractivity contribution in [2.45, 2.75) is 33.2 Å². The number of rotatable bonds is 8. The minimum Gasteiger partial charge on any atom is -0.489 e. The summed E-state index contributed by atoms with van der Waals surface area (Å²) >= 11 is 0. The fourth-order valence-electron chi connectivity index (χ4n) is 2.88. The summed E-state index contributed by atoms with van der Waals surface area (Å²) in [5.41, 5.74) is 3.15. The van der Waals surface area contributed by atoms with Crippen LogP contribution in [0.15, 0.2) is 46.4 Å². The Bertz CT molecular complexity index is 733. The normalized spacial score (nSPS) is 12.5. The first-order valence-electron chi connectivity index (χ1n) is 8.75. The van der Waals surface area contributed by atoms with Gasteiger partial charge in [0.25, 0.3) is 0 Å². The predicted octanol–water partition coefficient (Wildman–Crippen LogP) is 3.32. The molecule has 6 nitrogen and oxygen atoms in total. The van der Waals surface area contributed by atoms with E-state index >= 15 is 0 Å². The number of hydrogen-bond donors (Lipinski definition) is 2. The van der Waals surface area contributed by atoms with E-state index in [4.69, 9.17) is 9.26 Å². The second-order valence-corrected chi connectivity index (χ2v) is 6.15. The highest BCUT2D eigenvalue weighted by Gasteiger charge is 2.16. The van der Waals surface area contributed by atoms with Gasteiger partial charge in [-0.1, -0.05) is 42.9 Å². The molecule has 0 saturated carbocycles. The van der Waals surface area contributed by atoms with E-state index in [-0.39, 0.29) is 5.92 Å². The van der Waals surface area contributed by atoms with Gasteiger partial charge in [-0.05, 0) is 19.9 Å². The first kappa shape index (κ1) is 19.6. The number of para-hydroxylation sites is 1. The van der Waals surface area contributed by atoms with Crippen LogP contribution in [-0.2, 0) is 6.54 Å². The summed E-state index contributed by atoms with van der Waals surface area (Å²) in [5, 5.41) is 10.7. The quantitative estimate of drug-likeness (QED) is 0.431. The number of guanidine groups is 1. The lowest BCUT2D eigenvalue weighted by atomic mass is 10.00. The van der Waals surface area contributed by atoms with Crippen LogP contribution >= 0.6 is 0 Å². The number of aliphatic imine (C=N–C) groups is 1. The van der Waals surface area contributed by atoms with Gasteiger partial charge in [-0.15, -0.1) is 0 Å². The molecule has 2 rings (SSSR count). The van der Waals surface area contributed by atoms with Crippen LogP contribution in [0.25, 0.3) is 0 Å². The summed E-state index contributed by atoms with van der Waals surface area (Å²) in [6.07, 6.45) is 1.74. The van der Waals surface area contributed by atoms with Crippen LogP contribution < -0.4 is 15.4 Å². The van der Waals surface area contributed by atoms with Gasteiger partial charge in [-0.2, -0.15) is 0 Å². The molecule has 1 aromatic carbocycles. The zero-order valence-corrected chi connectivity index (χ0v) is 16.0. The van der Waals surface area contributed by atoms with E-state index in [0.29, 0.717) is 13.2 Å². The first-order valence-corrected chi connectivity index (χ1v) is 8.75. The summed E-state index contributed by atoms with van der Waals surface area (Å²) in [6.45, 7) is 11.6. The van der Waals surface area contributed by atoms with E-state index in [0.717, 1.165) is 40.8 Å². The molecule has 0 fully saturated rings. The topological polar surface area (TPSA) is 71.7 Å². The maximum atomic E-state index is 5.69. The number of nitrogens with zero attached hydrogens (tertiary/aromatic N) is 2. The molecule has 0 bridgehead atoms. The molecular formula is C20H28N4O2. The van der Waals surface area contributed by atoms with Gasteiger partial charge in [0.1, 0.15) is 18.1 Å². The minimum atomic E-state index is 0.267. The standard InChI is InChI=1S/C20H28N4O2/c1-6-11-25-18-10-8-7-9-17(18)13-23-20(21-5)22-12-14(2)19-15(3)24-26-16(19)4/h6-10,14H,1,11-13H2,2-5H3,(H2,21,22,23). The largest absolute Gasteiger partial charge is 0.489 e. The van der Waals surface area contributed by atoms with Crippen LogP contribution in [-0.4, -0.2) is 31.3 Å². The van der Waals surface area contributed by atoms with Crippen LogP contribution in [0.3, 0.4) is 0 Å². The second kappa shape index (κ2) is 9.65. The van der Waals surface area contributed by atoms with Crippen molar-refractivity contribution in [2.75, 3.05) is 20.2 Å². The van der Waals surface area contributed by atoms with Crippen LogP contribution in [0.2, 0.25) is 0 Å². The maximum absolute atomic E-state index is 5.69. The lowest BCUT2D eigenvalue weighted by Crippen LogP contribution is -2.38. The molecule has 2 N–H and O–H groups in total. The van der Waals surface area contributed by atoms with Crippen LogP contribution in [0.4, 0.5) is 0 Å². The van der Waals surface area contributed by atoms with Crippen molar-refractivity contribution in [2.24, 2.45) is 4.99 Å². The summed E-state index contributed by atoms with van der Waals surface area (Å²) in [7, 11) is 1.76. The summed E-state index contributed by atoms with van der Waals surface area (Å²) in [5.74, 6) is 2.72. The molecule has 0 aliphatic rings. The zero-order valence-electron chi connectivity index (χ0n) is 16.0. The highest BCUT2D eigenvalue weighted by atomic mass is 16.5. The molecule has 6 heteroatoms. The van der Waals surface area contributed by atoms with Gasteiger partial charge in [-0.25, -0.2) is 0 Å². The Labute approximate surface area is 155 Å². The molecule has 1 atom stereocenters. The third kappa shape index (κ3) is 5.12. The fourth-order valence-corrected chi connectivity index (χ4v) is 2.88. The average molecular weight is 356 g/mol. The van der Waals surface area contributed by atoms with Crippen LogP contribution in [0, 0.1) is 13.8 Å². The van der Waals surface area contributed by atoms with Crippen molar-refractivity contribution in [1.29, 1.82) is 0 Å². The van der Waals surface area contributed by atoms with Gasteiger partial charge in [0.2, 0.25) is 0 Å². The Hall–Kier alpha value is -2.76. The Morgan fingerprint density at radius 2 is 2.12 bits per heavy atom. The van der Waals surface area contributed by atoms with E-state index in [9.17, 15) is 0 Å². The SMILES string of the molecule is C=CCOc1ccccc1CNC(=NC)NCC(C)c1c(C)noc1C. The Morgan fingerprint density at radius 1 is 1.35 bits per heavy atom. The minimum absolute atomic E-state index is 0.267. The van der Waals surface area contributed by atoms with Gasteiger partial charge in [-0.3, -0.25) is 4.99 Å². The molecule has 0 aliphatic carbocycles. The Morgan fingerprint density at radius 3 is 2.77 bits per heavy atom. The molecular weight excluding hydrogens is 328 g/mol. The van der Waals surface area contributed by atoms with Gasteiger partial charge in [0, 0.05) is 37.2 Å². The van der Waals surface area contributed by atoms with Gasteiger partial charge < -0.3 is 19.9 Å². The van der Waals surface area contributed by atoms with Gasteiger partial charge >= 0.3 is 0 Å². The van der Waals surface area contributed by atoms with Crippen molar-refractivity contribution in [3.05, 3.63) is 59.5 Å². The monoisotopic (exact) mass is 356 g/mol. The first-order chi connectivity index (χ1) is 12.6. The van der Waals surface area contributed by atoms with Crippen molar-refractivity contribution >= 4 is 5.96 Å². The van der Waals surface area contributed by atoms with E-state index in [1.165, 1.54) is 0 Å². The molecule has 1 heterocycles. The predicted molar refractivity (Wildman–Crippen MR) is 105 cm³/mol. The molecule has 0 radical (unpaired) electrons. The summed E-state index contributed by atoms with van der Waals surface area (Å²) in [6, 6.07) is 7.94. The Kier molecular flexibility index (Phi) is 7.26. The third-order valence-electron chi connectivity index (χ3n) is 4.16. The number of aryl methyl sites for hydroxylation is 2. The summed E-state index contributed by atoms with van der Waals surface area (Å²) < 4.78 is 10.9. The van der Waals surface area contributed by atoms with Crippen molar-refractivity contribution in [3.8, 4) is 5.75 Å². The molecule has 1 unspecified atom stereocenters. The highest BCUT2D eigenvalue weighted by Crippen LogP contribution is 2.22. The molecule has 2 aromatic rings. The lowest BCUT2D eigenvalue weighted by molar-refractivity contribution is 0.358. The Balaban J connectivity index is 1.91. The molecule has 0 aliphatic heterocycles. The number of benzene rings is 1. The smallest absolute Gasteiger partial charge is 0.191 e. The lowest BCUT2D eigenvalue weighted by Gasteiger charge is -2.17. The molecule has 0 amide bonds. The van der Waals surface area contributed by atoms with Gasteiger partial charge in [0.15, 0.2) is 5.96 Å². The molecule has 0 spiro atoms. The van der Waals surface area contributed by atoms with Crippen molar-refractivity contribution in [1.82, 2.24) is 15.8 Å². The van der Waals surface area contributed by atoms with E-state index in [1.807, 2.05) is 38.1 Å². The van der Waals surface area contributed by atoms with E-state index in [1.54, 1.807) is 13.1 Å². The van der Waals surface area contributed by atoms with E-state index in [2.05, 4.69) is 34.3 Å². The summed E-state index contributed by atoms with van der Waals surface area (Å²) in [4.78, 5) is 4.29. The average Bonchev–Trinajstić information content (AvgIpc) is 2.99. The molecule has 26 heavy (non-hydrogen) atoms. The van der Waals surface area contributed by atoms with Crippen LogP contribution in [0.1, 0.15) is 35.4 Å². The molecule has 0 saturated heterocycles. The molecule has 1 aromatic heterocycles. The van der Waals surface area contributed by atoms with Gasteiger partial charge in [0.05, 0.1) is 5.69 Å². The number of aromatic nitrogens is 1. The number of nitrogens with one attached hydrogen (secondary N) is 2. The molecule has 140 valence electrons. The van der Waals surface area contributed by atoms with Crippen molar-refractivity contribution < 1.29 is 9.26 Å². The number of hydrogen-bond acceptors (Lipinski definition) is 4. The number of ether oxygens (including phenoxy) is 1. The zero-order chi connectivity index (χ0) is 18.9. The second-order valence-electron chi connectivity index (χ2n) is 6.15. The van der Waals surface area contributed by atoms with Crippen molar-refractivity contribution in [3.63, 3.8) is 0 Å². The fraction of sp³-hybridized carbons (Fsp3) is 0.400. The highest BCUT2D eigenvalue weighted by molar-refractivity contribution is 5.79. The maximum Gasteiger partial charge on any atom is 0.191 e.